The molecule has 0 radical (unpaired) electrons. The van der Waals surface area contributed by atoms with Crippen LogP contribution in [0.3, 0.4) is 0 Å². The fraction of sp³-hybridized carbons (Fsp3) is 0.256. The second kappa shape index (κ2) is 12.8. The summed E-state index contributed by atoms with van der Waals surface area (Å²) in [5.41, 5.74) is 11.0. The first-order chi connectivity index (χ1) is 23.2. The van der Waals surface area contributed by atoms with Gasteiger partial charge in [-0.25, -0.2) is 9.67 Å². The number of pyridine rings is 1. The quantitative estimate of drug-likeness (QED) is 0.159. The molecule has 0 aliphatic carbocycles. The van der Waals surface area contributed by atoms with Gasteiger partial charge in [-0.15, -0.1) is 0 Å². The van der Waals surface area contributed by atoms with Crippen LogP contribution in [0.25, 0.3) is 44.4 Å². The molecule has 0 bridgehead atoms. The summed E-state index contributed by atoms with van der Waals surface area (Å²) in [6.07, 6.45) is 7.12. The number of aryl methyl sites for hydroxylation is 1. The number of benzene rings is 4. The standard InChI is InChI=1S/C43H44N4O/c1-27(2)19-31-21-38(28(3)4)43(39(22-31)29(5)6)32-25-45-46(26-32)33-11-10-12-34(23-33)48-35-15-16-37-36-13-8-9-14-40(36)47(41(37)24-35)42-20-30(7)17-18-44-42/h8-18,20-29H,19H2,1-7H3. The van der Waals surface area contributed by atoms with Crippen molar-refractivity contribution in [1.82, 2.24) is 19.3 Å². The Labute approximate surface area is 283 Å². The normalized spacial score (nSPS) is 11.9. The minimum atomic E-state index is 0.405. The Morgan fingerprint density at radius 2 is 1.44 bits per heavy atom. The summed E-state index contributed by atoms with van der Waals surface area (Å²) in [6.45, 7) is 15.9. The van der Waals surface area contributed by atoms with Crippen molar-refractivity contribution in [3.8, 4) is 34.1 Å². The number of nitrogens with zero attached hydrogens (tertiary/aromatic N) is 4. The van der Waals surface area contributed by atoms with Crippen LogP contribution in [0.5, 0.6) is 11.5 Å². The Morgan fingerprint density at radius 1 is 0.708 bits per heavy atom. The van der Waals surface area contributed by atoms with E-state index in [4.69, 9.17) is 14.8 Å². The lowest BCUT2D eigenvalue weighted by Crippen LogP contribution is -2.04. The zero-order chi connectivity index (χ0) is 33.5. The van der Waals surface area contributed by atoms with Crippen LogP contribution in [0.1, 0.15) is 75.6 Å². The van der Waals surface area contributed by atoms with E-state index in [-0.39, 0.29) is 0 Å². The smallest absolute Gasteiger partial charge is 0.137 e. The SMILES string of the molecule is Cc1ccnc(-n2c3ccccc3c3ccc(Oc4cccc(-n5cc(-c6c(C(C)C)cc(CC(C)C)cc6C(C)C)cn5)c4)cc32)c1. The fourth-order valence-electron chi connectivity index (χ4n) is 6.91. The van der Waals surface area contributed by atoms with Crippen molar-refractivity contribution in [3.05, 3.63) is 132 Å². The molecule has 48 heavy (non-hydrogen) atoms. The first-order valence-electron chi connectivity index (χ1n) is 17.1. The van der Waals surface area contributed by atoms with Gasteiger partial charge in [-0.2, -0.15) is 5.10 Å². The van der Waals surface area contributed by atoms with Crippen molar-refractivity contribution in [2.75, 3.05) is 0 Å². The number of rotatable bonds is 9. The third-order valence-corrected chi connectivity index (χ3v) is 9.11. The number of ether oxygens (including phenoxy) is 1. The van der Waals surface area contributed by atoms with Gasteiger partial charge in [-0.3, -0.25) is 4.57 Å². The summed E-state index contributed by atoms with van der Waals surface area (Å²) >= 11 is 0. The van der Waals surface area contributed by atoms with Crippen molar-refractivity contribution in [3.63, 3.8) is 0 Å². The molecule has 4 aromatic carbocycles. The van der Waals surface area contributed by atoms with Crippen LogP contribution < -0.4 is 4.74 Å². The molecular weight excluding hydrogens is 589 g/mol. The van der Waals surface area contributed by atoms with Gasteiger partial charge in [0.2, 0.25) is 0 Å². The number of hydrogen-bond donors (Lipinski definition) is 0. The molecular formula is C43H44N4O. The molecule has 3 aromatic heterocycles. The number of aromatic nitrogens is 4. The van der Waals surface area contributed by atoms with E-state index in [1.165, 1.54) is 33.2 Å². The van der Waals surface area contributed by atoms with Gasteiger partial charge in [0.1, 0.15) is 17.3 Å². The van der Waals surface area contributed by atoms with Gasteiger partial charge < -0.3 is 4.74 Å². The van der Waals surface area contributed by atoms with E-state index in [0.29, 0.717) is 17.8 Å². The van der Waals surface area contributed by atoms with Crippen molar-refractivity contribution >= 4 is 21.8 Å². The van der Waals surface area contributed by atoms with Gasteiger partial charge in [-0.05, 0) is 101 Å². The van der Waals surface area contributed by atoms with E-state index in [1.807, 2.05) is 41.3 Å². The molecule has 0 aliphatic rings. The van der Waals surface area contributed by atoms with Crippen molar-refractivity contribution in [2.24, 2.45) is 5.92 Å². The molecule has 3 heterocycles. The maximum Gasteiger partial charge on any atom is 0.137 e. The molecule has 5 nitrogen and oxygen atoms in total. The van der Waals surface area contributed by atoms with Crippen LogP contribution in [0.4, 0.5) is 0 Å². The van der Waals surface area contributed by atoms with E-state index in [1.54, 1.807) is 0 Å². The average molecular weight is 633 g/mol. The fourth-order valence-corrected chi connectivity index (χ4v) is 6.91. The highest BCUT2D eigenvalue weighted by atomic mass is 16.5. The van der Waals surface area contributed by atoms with Gasteiger partial charge >= 0.3 is 0 Å². The predicted octanol–water partition coefficient (Wildman–Crippen LogP) is 11.6. The Morgan fingerprint density at radius 3 is 2.17 bits per heavy atom. The molecule has 0 N–H and O–H groups in total. The number of para-hydroxylation sites is 1. The summed E-state index contributed by atoms with van der Waals surface area (Å²) in [5.74, 6) is 3.84. The van der Waals surface area contributed by atoms with E-state index < -0.39 is 0 Å². The molecule has 0 aliphatic heterocycles. The van der Waals surface area contributed by atoms with E-state index >= 15 is 0 Å². The minimum Gasteiger partial charge on any atom is -0.457 e. The second-order valence-electron chi connectivity index (χ2n) is 14.1. The van der Waals surface area contributed by atoms with Crippen LogP contribution in [-0.2, 0) is 6.42 Å². The van der Waals surface area contributed by atoms with Crippen molar-refractivity contribution in [1.29, 1.82) is 0 Å². The van der Waals surface area contributed by atoms with Crippen LogP contribution in [0.15, 0.2) is 110 Å². The highest BCUT2D eigenvalue weighted by Crippen LogP contribution is 2.39. The predicted molar refractivity (Wildman–Crippen MR) is 199 cm³/mol. The lowest BCUT2D eigenvalue weighted by molar-refractivity contribution is 0.483. The zero-order valence-corrected chi connectivity index (χ0v) is 29.0. The molecule has 0 amide bonds. The van der Waals surface area contributed by atoms with Gasteiger partial charge in [0.05, 0.1) is 22.9 Å². The number of hydrogen-bond acceptors (Lipinski definition) is 3. The van der Waals surface area contributed by atoms with Crippen LogP contribution >= 0.6 is 0 Å². The third-order valence-electron chi connectivity index (χ3n) is 9.11. The first-order valence-corrected chi connectivity index (χ1v) is 17.1. The van der Waals surface area contributed by atoms with Crippen LogP contribution in [0, 0.1) is 12.8 Å². The van der Waals surface area contributed by atoms with Crippen LogP contribution in [-0.4, -0.2) is 19.3 Å². The molecule has 0 saturated carbocycles. The molecule has 7 aromatic rings. The van der Waals surface area contributed by atoms with Gasteiger partial charge in [0.15, 0.2) is 0 Å². The van der Waals surface area contributed by atoms with Gasteiger partial charge in [0, 0.05) is 40.9 Å². The molecule has 5 heteroatoms. The lowest BCUT2D eigenvalue weighted by Gasteiger charge is -2.21. The van der Waals surface area contributed by atoms with Crippen molar-refractivity contribution in [2.45, 2.75) is 66.7 Å². The van der Waals surface area contributed by atoms with Crippen LogP contribution in [0.2, 0.25) is 0 Å². The molecule has 7 rings (SSSR count). The summed E-state index contributed by atoms with van der Waals surface area (Å²) in [4.78, 5) is 4.72. The van der Waals surface area contributed by atoms with E-state index in [9.17, 15) is 0 Å². The molecule has 0 unspecified atom stereocenters. The molecule has 0 atom stereocenters. The maximum absolute atomic E-state index is 6.52. The van der Waals surface area contributed by atoms with Crippen molar-refractivity contribution < 1.29 is 4.74 Å². The highest BCUT2D eigenvalue weighted by molar-refractivity contribution is 6.09. The summed E-state index contributed by atoms with van der Waals surface area (Å²) < 4.78 is 10.7. The molecule has 242 valence electrons. The second-order valence-corrected chi connectivity index (χ2v) is 14.1. The lowest BCUT2D eigenvalue weighted by atomic mass is 9.83. The van der Waals surface area contributed by atoms with E-state index in [0.717, 1.165) is 51.4 Å². The topological polar surface area (TPSA) is 44.9 Å². The Bertz CT molecular complexity index is 2220. The molecule has 0 spiro atoms. The Kier molecular flexibility index (Phi) is 8.38. The minimum absolute atomic E-state index is 0.405. The van der Waals surface area contributed by atoms with E-state index in [2.05, 4.69) is 126 Å². The Balaban J connectivity index is 1.24. The maximum atomic E-state index is 6.52. The largest absolute Gasteiger partial charge is 0.457 e. The third kappa shape index (κ3) is 6.01. The number of fused-ring (bicyclic) bond motifs is 3. The van der Waals surface area contributed by atoms with Gasteiger partial charge in [0.25, 0.3) is 0 Å². The molecule has 0 fully saturated rings. The summed E-state index contributed by atoms with van der Waals surface area (Å²) in [6, 6.07) is 31.9. The zero-order valence-electron chi connectivity index (χ0n) is 29.0. The molecule has 0 saturated heterocycles. The Hall–Kier alpha value is -5.16. The highest BCUT2D eigenvalue weighted by Gasteiger charge is 2.20. The average Bonchev–Trinajstić information content (AvgIpc) is 3.67. The summed E-state index contributed by atoms with van der Waals surface area (Å²) in [7, 11) is 0. The van der Waals surface area contributed by atoms with Gasteiger partial charge in [-0.1, -0.05) is 77.9 Å². The first kappa shape index (κ1) is 31.4. The summed E-state index contributed by atoms with van der Waals surface area (Å²) in [5, 5.41) is 7.21. The monoisotopic (exact) mass is 632 g/mol.